The molecule has 4 saturated carbocycles. The first-order valence-corrected chi connectivity index (χ1v) is 6.01. The molecular formula is C13H18O2. The van der Waals surface area contributed by atoms with E-state index in [2.05, 4.69) is 6.58 Å². The molecule has 4 aliphatic carbocycles. The molecule has 15 heavy (non-hydrogen) atoms. The SMILES string of the molecule is C=CC1C2CC3CC(C2)CC1(C(=O)O)C3. The van der Waals surface area contributed by atoms with Gasteiger partial charge in [0, 0.05) is 0 Å². The molecule has 3 atom stereocenters. The Morgan fingerprint density at radius 2 is 1.87 bits per heavy atom. The zero-order valence-corrected chi connectivity index (χ0v) is 8.98. The molecule has 4 bridgehead atoms. The minimum atomic E-state index is -0.563. The average molecular weight is 206 g/mol. The van der Waals surface area contributed by atoms with Crippen LogP contribution in [0.25, 0.3) is 0 Å². The molecule has 0 aliphatic heterocycles. The highest BCUT2D eigenvalue weighted by Gasteiger charge is 2.59. The number of aliphatic carboxylic acids is 1. The summed E-state index contributed by atoms with van der Waals surface area (Å²) in [6.45, 7) is 3.87. The van der Waals surface area contributed by atoms with E-state index in [9.17, 15) is 9.90 Å². The quantitative estimate of drug-likeness (QED) is 0.705. The highest BCUT2D eigenvalue weighted by molar-refractivity contribution is 5.76. The Morgan fingerprint density at radius 3 is 2.33 bits per heavy atom. The van der Waals surface area contributed by atoms with Gasteiger partial charge in [0.2, 0.25) is 0 Å². The first-order valence-electron chi connectivity index (χ1n) is 6.01. The van der Waals surface area contributed by atoms with Crippen LogP contribution in [-0.4, -0.2) is 11.1 Å². The van der Waals surface area contributed by atoms with Crippen molar-refractivity contribution in [2.45, 2.75) is 32.1 Å². The first kappa shape index (κ1) is 9.44. The summed E-state index contributed by atoms with van der Waals surface area (Å²) in [5, 5.41) is 9.53. The minimum absolute atomic E-state index is 0.239. The Balaban J connectivity index is 2.03. The van der Waals surface area contributed by atoms with Crippen molar-refractivity contribution in [2.75, 3.05) is 0 Å². The van der Waals surface area contributed by atoms with Crippen molar-refractivity contribution >= 4 is 5.97 Å². The van der Waals surface area contributed by atoms with Gasteiger partial charge >= 0.3 is 5.97 Å². The van der Waals surface area contributed by atoms with Crippen molar-refractivity contribution < 1.29 is 9.90 Å². The van der Waals surface area contributed by atoms with Gasteiger partial charge in [-0.1, -0.05) is 6.08 Å². The van der Waals surface area contributed by atoms with Crippen LogP contribution in [0.15, 0.2) is 12.7 Å². The summed E-state index contributed by atoms with van der Waals surface area (Å²) in [6.07, 6.45) is 7.54. The number of hydrogen-bond donors (Lipinski definition) is 1. The molecule has 3 unspecified atom stereocenters. The van der Waals surface area contributed by atoms with Gasteiger partial charge in [0.15, 0.2) is 0 Å². The van der Waals surface area contributed by atoms with Gasteiger partial charge < -0.3 is 5.11 Å². The Hall–Kier alpha value is -0.790. The molecule has 4 rings (SSSR count). The fourth-order valence-corrected chi connectivity index (χ4v) is 4.82. The van der Waals surface area contributed by atoms with Crippen LogP contribution in [0.4, 0.5) is 0 Å². The lowest BCUT2D eigenvalue weighted by molar-refractivity contribution is -0.172. The summed E-state index contributed by atoms with van der Waals surface area (Å²) < 4.78 is 0. The molecule has 2 heteroatoms. The number of carboxylic acid groups (broad SMARTS) is 1. The fraction of sp³-hybridized carbons (Fsp3) is 0.769. The second-order valence-corrected chi connectivity index (χ2v) is 5.83. The van der Waals surface area contributed by atoms with E-state index in [0.29, 0.717) is 17.8 Å². The predicted molar refractivity (Wildman–Crippen MR) is 57.3 cm³/mol. The normalized spacial score (nSPS) is 51.7. The first-order chi connectivity index (χ1) is 7.15. The van der Waals surface area contributed by atoms with Crippen LogP contribution in [0.1, 0.15) is 32.1 Å². The topological polar surface area (TPSA) is 37.3 Å². The van der Waals surface area contributed by atoms with E-state index in [0.717, 1.165) is 12.8 Å². The molecule has 0 heterocycles. The van der Waals surface area contributed by atoms with E-state index in [1.165, 1.54) is 19.3 Å². The molecule has 0 aromatic rings. The summed E-state index contributed by atoms with van der Waals surface area (Å²) >= 11 is 0. The maximum Gasteiger partial charge on any atom is 0.310 e. The molecule has 2 nitrogen and oxygen atoms in total. The monoisotopic (exact) mass is 206 g/mol. The van der Waals surface area contributed by atoms with Crippen LogP contribution in [0.2, 0.25) is 0 Å². The highest BCUT2D eigenvalue weighted by atomic mass is 16.4. The summed E-state index contributed by atoms with van der Waals surface area (Å²) in [6, 6.07) is 0. The molecule has 0 aromatic heterocycles. The number of hydrogen-bond acceptors (Lipinski definition) is 1. The van der Waals surface area contributed by atoms with Gasteiger partial charge in [0.05, 0.1) is 5.41 Å². The van der Waals surface area contributed by atoms with Crippen LogP contribution >= 0.6 is 0 Å². The largest absolute Gasteiger partial charge is 0.481 e. The fourth-order valence-electron chi connectivity index (χ4n) is 4.82. The molecule has 0 saturated heterocycles. The molecule has 82 valence electrons. The van der Waals surface area contributed by atoms with Gasteiger partial charge in [-0.05, 0) is 55.8 Å². The van der Waals surface area contributed by atoms with Crippen LogP contribution in [0.5, 0.6) is 0 Å². The van der Waals surface area contributed by atoms with E-state index < -0.39 is 11.4 Å². The zero-order chi connectivity index (χ0) is 10.6. The third-order valence-electron chi connectivity index (χ3n) is 5.07. The van der Waals surface area contributed by atoms with Gasteiger partial charge in [-0.25, -0.2) is 0 Å². The molecule has 4 aliphatic rings. The summed E-state index contributed by atoms with van der Waals surface area (Å²) in [7, 11) is 0. The third-order valence-corrected chi connectivity index (χ3v) is 5.07. The van der Waals surface area contributed by atoms with Gasteiger partial charge in [-0.15, -0.1) is 6.58 Å². The Kier molecular flexibility index (Phi) is 1.80. The van der Waals surface area contributed by atoms with Crippen molar-refractivity contribution in [1.29, 1.82) is 0 Å². The molecule has 0 amide bonds. The second-order valence-electron chi connectivity index (χ2n) is 5.83. The summed E-state index contributed by atoms with van der Waals surface area (Å²) in [4.78, 5) is 11.6. The smallest absolute Gasteiger partial charge is 0.310 e. The maximum atomic E-state index is 11.6. The molecule has 4 fully saturated rings. The minimum Gasteiger partial charge on any atom is -0.481 e. The van der Waals surface area contributed by atoms with E-state index in [4.69, 9.17) is 0 Å². The van der Waals surface area contributed by atoms with E-state index in [1.807, 2.05) is 6.08 Å². The van der Waals surface area contributed by atoms with E-state index in [1.54, 1.807) is 0 Å². The lowest BCUT2D eigenvalue weighted by Crippen LogP contribution is -2.55. The number of rotatable bonds is 2. The Morgan fingerprint density at radius 1 is 1.27 bits per heavy atom. The van der Waals surface area contributed by atoms with Crippen LogP contribution < -0.4 is 0 Å². The summed E-state index contributed by atoms with van der Waals surface area (Å²) in [5.41, 5.74) is -0.434. The highest BCUT2D eigenvalue weighted by Crippen LogP contribution is 2.63. The van der Waals surface area contributed by atoms with Crippen LogP contribution in [0, 0.1) is 29.1 Å². The van der Waals surface area contributed by atoms with E-state index >= 15 is 0 Å². The van der Waals surface area contributed by atoms with Gasteiger partial charge in [-0.2, -0.15) is 0 Å². The van der Waals surface area contributed by atoms with Crippen molar-refractivity contribution in [3.05, 3.63) is 12.7 Å². The van der Waals surface area contributed by atoms with Crippen molar-refractivity contribution in [1.82, 2.24) is 0 Å². The number of carbonyl (C=O) groups is 1. The Labute approximate surface area is 90.4 Å². The predicted octanol–water partition coefficient (Wildman–Crippen LogP) is 2.70. The second kappa shape index (κ2) is 2.87. The molecule has 0 aromatic carbocycles. The van der Waals surface area contributed by atoms with E-state index in [-0.39, 0.29) is 5.92 Å². The van der Waals surface area contributed by atoms with Gasteiger partial charge in [-0.3, -0.25) is 4.79 Å². The van der Waals surface area contributed by atoms with Crippen LogP contribution in [0.3, 0.4) is 0 Å². The van der Waals surface area contributed by atoms with Crippen molar-refractivity contribution in [3.63, 3.8) is 0 Å². The molecule has 1 N–H and O–H groups in total. The lowest BCUT2D eigenvalue weighted by atomic mass is 9.45. The van der Waals surface area contributed by atoms with Gasteiger partial charge in [0.25, 0.3) is 0 Å². The lowest BCUT2D eigenvalue weighted by Gasteiger charge is -2.58. The van der Waals surface area contributed by atoms with Crippen molar-refractivity contribution in [3.8, 4) is 0 Å². The van der Waals surface area contributed by atoms with Crippen molar-refractivity contribution in [2.24, 2.45) is 29.1 Å². The van der Waals surface area contributed by atoms with Gasteiger partial charge in [0.1, 0.15) is 0 Å². The summed E-state index contributed by atoms with van der Waals surface area (Å²) in [5.74, 6) is 1.67. The maximum absolute atomic E-state index is 11.6. The van der Waals surface area contributed by atoms with Crippen LogP contribution in [-0.2, 0) is 4.79 Å². The molecular weight excluding hydrogens is 188 g/mol. The third kappa shape index (κ3) is 1.08. The Bertz CT molecular complexity index is 306. The standard InChI is InChI=1S/C13H18O2/c1-2-11-10-4-8-3-9(5-10)7-13(11,6-8)12(14)15/h2,8-11H,1,3-7H2,(H,14,15). The zero-order valence-electron chi connectivity index (χ0n) is 8.98. The number of carboxylic acids is 1. The molecule has 0 radical (unpaired) electrons. The number of allylic oxidation sites excluding steroid dienone is 1. The molecule has 0 spiro atoms. The average Bonchev–Trinajstić information content (AvgIpc) is 2.16.